The number of carbonyl (C=O) groups is 3. The molecular formula is C37H41Cl2N9O6. The van der Waals surface area contributed by atoms with E-state index in [0.717, 1.165) is 24.1 Å². The fraction of sp³-hybridized carbons (Fsp3) is 0.432. The van der Waals surface area contributed by atoms with Crippen LogP contribution in [-0.2, 0) is 20.5 Å². The average molecular weight is 779 g/mol. The van der Waals surface area contributed by atoms with Crippen LogP contribution in [0.4, 0.5) is 4.79 Å². The van der Waals surface area contributed by atoms with Crippen molar-refractivity contribution >= 4 is 41.1 Å². The number of hydrogen-bond donors (Lipinski definition) is 2. The highest BCUT2D eigenvalue weighted by atomic mass is 35.5. The monoisotopic (exact) mass is 777 g/mol. The minimum absolute atomic E-state index is 0.0525. The van der Waals surface area contributed by atoms with E-state index in [0.29, 0.717) is 72.5 Å². The van der Waals surface area contributed by atoms with Gasteiger partial charge in [-0.3, -0.25) is 9.78 Å². The Morgan fingerprint density at radius 3 is 2.48 bits per heavy atom. The number of hydrogen-bond acceptors (Lipinski definition) is 10. The second kappa shape index (κ2) is 15.9. The number of likely N-dealkylation sites (tertiary alicyclic amines) is 2. The first kappa shape index (κ1) is 37.5. The van der Waals surface area contributed by atoms with Crippen molar-refractivity contribution < 1.29 is 29.0 Å². The highest BCUT2D eigenvalue weighted by molar-refractivity contribution is 6.42. The van der Waals surface area contributed by atoms with Crippen LogP contribution >= 0.6 is 23.2 Å². The molecule has 0 spiro atoms. The van der Waals surface area contributed by atoms with E-state index in [1.165, 1.54) is 23.0 Å². The lowest BCUT2D eigenvalue weighted by molar-refractivity contribution is -0.147. The molecule has 2 unspecified atom stereocenters. The number of halogens is 2. The predicted octanol–water partition coefficient (Wildman–Crippen LogP) is 4.03. The normalized spacial score (nSPS) is 21.5. The zero-order valence-corrected chi connectivity index (χ0v) is 31.2. The molecule has 0 saturated carbocycles. The zero-order chi connectivity index (χ0) is 37.9. The lowest BCUT2D eigenvalue weighted by Gasteiger charge is -2.45. The zero-order valence-electron chi connectivity index (χ0n) is 29.7. The number of carbonyl (C=O) groups excluding carboxylic acids is 2. The van der Waals surface area contributed by atoms with E-state index in [9.17, 15) is 19.5 Å². The molecule has 3 saturated heterocycles. The molecule has 5 heterocycles. The van der Waals surface area contributed by atoms with Crippen molar-refractivity contribution in [3.05, 3.63) is 94.0 Å². The molecule has 4 aromatic rings. The maximum absolute atomic E-state index is 14.2. The van der Waals surface area contributed by atoms with Gasteiger partial charge in [-0.1, -0.05) is 29.3 Å². The third-order valence-electron chi connectivity index (χ3n) is 11.1. The van der Waals surface area contributed by atoms with E-state index in [-0.39, 0.29) is 25.7 Å². The number of nitrogens with one attached hydrogen (secondary N) is 1. The van der Waals surface area contributed by atoms with Gasteiger partial charge in [0.2, 0.25) is 0 Å². The highest BCUT2D eigenvalue weighted by Crippen LogP contribution is 2.42. The lowest BCUT2D eigenvalue weighted by Crippen LogP contribution is -2.61. The topological polar surface area (TPSA) is 168 Å². The van der Waals surface area contributed by atoms with Crippen molar-refractivity contribution in [2.45, 2.75) is 42.7 Å². The van der Waals surface area contributed by atoms with Gasteiger partial charge in [-0.15, -0.1) is 5.10 Å². The Balaban J connectivity index is 1.09. The molecule has 3 aliphatic rings. The van der Waals surface area contributed by atoms with Crippen LogP contribution in [0.15, 0.2) is 67.3 Å². The molecule has 7 rings (SSSR count). The van der Waals surface area contributed by atoms with Crippen LogP contribution in [0.3, 0.4) is 0 Å². The number of tetrazole rings is 1. The van der Waals surface area contributed by atoms with E-state index in [2.05, 4.69) is 30.7 Å². The Kier molecular flexibility index (Phi) is 11.0. The van der Waals surface area contributed by atoms with Crippen LogP contribution in [0.1, 0.15) is 47.2 Å². The molecule has 3 amide bonds. The number of rotatable bonds is 10. The number of ether oxygens (including phenoxy) is 2. The fourth-order valence-electron chi connectivity index (χ4n) is 7.93. The number of amides is 3. The third kappa shape index (κ3) is 7.58. The van der Waals surface area contributed by atoms with Gasteiger partial charge in [0.05, 0.1) is 47.2 Å². The summed E-state index contributed by atoms with van der Waals surface area (Å²) in [6, 6.07) is 13.3. The Morgan fingerprint density at radius 1 is 0.981 bits per heavy atom. The van der Waals surface area contributed by atoms with Crippen LogP contribution in [0.25, 0.3) is 5.69 Å². The summed E-state index contributed by atoms with van der Waals surface area (Å²) in [7, 11) is 1.54. The number of methoxy groups -OCH3 is 1. The van der Waals surface area contributed by atoms with Gasteiger partial charge in [0.25, 0.3) is 5.91 Å². The number of benzene rings is 2. The van der Waals surface area contributed by atoms with Crippen molar-refractivity contribution in [2.75, 3.05) is 59.6 Å². The van der Waals surface area contributed by atoms with Gasteiger partial charge in [0.15, 0.2) is 6.04 Å². The van der Waals surface area contributed by atoms with Gasteiger partial charge in [0.1, 0.15) is 12.1 Å². The van der Waals surface area contributed by atoms with Crippen LogP contribution in [-0.4, -0.2) is 129 Å². The number of carboxylic acids is 1. The lowest BCUT2D eigenvalue weighted by atomic mass is 9.76. The predicted molar refractivity (Wildman–Crippen MR) is 198 cm³/mol. The highest BCUT2D eigenvalue weighted by Gasteiger charge is 2.44. The summed E-state index contributed by atoms with van der Waals surface area (Å²) in [6.07, 6.45) is 7.53. The molecule has 54 heavy (non-hydrogen) atoms. The first-order valence-corrected chi connectivity index (χ1v) is 18.6. The summed E-state index contributed by atoms with van der Waals surface area (Å²) >= 11 is 12.9. The Labute approximate surface area is 322 Å². The molecule has 284 valence electrons. The van der Waals surface area contributed by atoms with Gasteiger partial charge in [-0.2, -0.15) is 0 Å². The van der Waals surface area contributed by atoms with E-state index < -0.39 is 29.0 Å². The van der Waals surface area contributed by atoms with Crippen LogP contribution < -0.4 is 10.1 Å². The number of piperidine rings is 1. The number of aliphatic carboxylic acids is 1. The Bertz CT molecular complexity index is 1980. The summed E-state index contributed by atoms with van der Waals surface area (Å²) in [5.41, 5.74) is 1.84. The van der Waals surface area contributed by atoms with Crippen molar-refractivity contribution in [1.29, 1.82) is 0 Å². The molecule has 0 bridgehead atoms. The third-order valence-corrected chi connectivity index (χ3v) is 11.8. The largest absolute Gasteiger partial charge is 0.496 e. The summed E-state index contributed by atoms with van der Waals surface area (Å²) in [5, 5.41) is 25.3. The quantitative estimate of drug-likeness (QED) is 0.239. The Hall–Kier alpha value is -4.83. The van der Waals surface area contributed by atoms with E-state index in [1.807, 2.05) is 29.2 Å². The first-order valence-electron chi connectivity index (χ1n) is 17.8. The molecule has 2 aromatic heterocycles. The molecule has 0 aliphatic carbocycles. The summed E-state index contributed by atoms with van der Waals surface area (Å²) in [4.78, 5) is 49.6. The number of urea groups is 1. The number of nitrogens with zero attached hydrogens (tertiary/aromatic N) is 8. The van der Waals surface area contributed by atoms with Crippen molar-refractivity contribution in [3.8, 4) is 11.4 Å². The maximum Gasteiger partial charge on any atom is 0.328 e. The molecule has 3 aliphatic heterocycles. The van der Waals surface area contributed by atoms with Gasteiger partial charge in [-0.25, -0.2) is 14.3 Å². The summed E-state index contributed by atoms with van der Waals surface area (Å²) in [5.74, 6) is -0.809. The first-order chi connectivity index (χ1) is 26.1. The van der Waals surface area contributed by atoms with Gasteiger partial charge in [0, 0.05) is 50.5 Å². The molecule has 2 N–H and O–H groups in total. The summed E-state index contributed by atoms with van der Waals surface area (Å²) in [6.45, 7) is 3.47. The van der Waals surface area contributed by atoms with Crippen LogP contribution in [0, 0.1) is 0 Å². The second-order valence-corrected chi connectivity index (χ2v) is 14.8. The second-order valence-electron chi connectivity index (χ2n) is 14.0. The van der Waals surface area contributed by atoms with Gasteiger partial charge < -0.3 is 34.6 Å². The number of carboxylic acid groups (broad SMARTS) is 1. The molecule has 17 heteroatoms. The molecule has 0 radical (unpaired) electrons. The number of morpholine rings is 1. The van der Waals surface area contributed by atoms with Gasteiger partial charge >= 0.3 is 12.0 Å². The molecule has 15 nitrogen and oxygen atoms in total. The van der Waals surface area contributed by atoms with Crippen molar-refractivity contribution in [1.82, 2.24) is 45.2 Å². The standard InChI is InChI=1S/C37H41Cl2N9O6/c1-53-32-5-3-27(48-24-41-43-44-48)21-28(32)33(49)46-17-9-36(23-46,26-2-4-29(38)30(39)20-26)8-14-45-15-10-37(11-16-45,25-6-12-40-13-7-25)42-35(52)47-18-19-54-22-31(47)34(50)51/h2-7,12-13,20-21,24,31H,8-11,14-19,22-23H2,1H3,(H,42,52)(H,50,51). The molecular weight excluding hydrogens is 737 g/mol. The van der Waals surface area contributed by atoms with Crippen molar-refractivity contribution in [2.24, 2.45) is 0 Å². The molecule has 2 aromatic carbocycles. The van der Waals surface area contributed by atoms with Crippen LogP contribution in [0.5, 0.6) is 5.75 Å². The average Bonchev–Trinajstić information content (AvgIpc) is 3.91. The van der Waals surface area contributed by atoms with Crippen molar-refractivity contribution in [3.63, 3.8) is 0 Å². The number of aromatic nitrogens is 5. The van der Waals surface area contributed by atoms with E-state index >= 15 is 0 Å². The Morgan fingerprint density at radius 2 is 1.78 bits per heavy atom. The SMILES string of the molecule is COc1ccc(-n2cnnn2)cc1C(=O)N1CCC(CCN2CCC(NC(=O)N3CCOCC3C(=O)O)(c3ccncc3)CC2)(c2ccc(Cl)c(Cl)c2)C1. The summed E-state index contributed by atoms with van der Waals surface area (Å²) < 4.78 is 12.5. The number of pyridine rings is 1. The van der Waals surface area contributed by atoms with E-state index in [1.54, 1.807) is 36.7 Å². The minimum atomic E-state index is -1.10. The minimum Gasteiger partial charge on any atom is -0.496 e. The van der Waals surface area contributed by atoms with E-state index in [4.69, 9.17) is 32.7 Å². The molecule has 3 fully saturated rings. The fourth-order valence-corrected chi connectivity index (χ4v) is 8.22. The van der Waals surface area contributed by atoms with Gasteiger partial charge in [-0.05, 0) is 96.2 Å². The van der Waals surface area contributed by atoms with Crippen LogP contribution in [0.2, 0.25) is 10.0 Å². The smallest absolute Gasteiger partial charge is 0.328 e. The maximum atomic E-state index is 14.2. The molecule has 2 atom stereocenters.